The number of rotatable bonds is 6. The van der Waals surface area contributed by atoms with Gasteiger partial charge in [0.15, 0.2) is 0 Å². The molecule has 102 valence electrons. The van der Waals surface area contributed by atoms with Crippen LogP contribution in [-0.2, 0) is 11.3 Å². The molecule has 0 fully saturated rings. The third kappa shape index (κ3) is 3.31. The van der Waals surface area contributed by atoms with E-state index in [0.29, 0.717) is 24.6 Å². The van der Waals surface area contributed by atoms with Gasteiger partial charge < -0.3 is 10.1 Å². The molecule has 0 saturated carbocycles. The van der Waals surface area contributed by atoms with E-state index < -0.39 is 11.6 Å². The highest BCUT2D eigenvalue weighted by Gasteiger charge is 2.18. The number of nitrogens with one attached hydrogen (secondary N) is 1. The van der Waals surface area contributed by atoms with Crippen LogP contribution in [0.15, 0.2) is 18.2 Å². The van der Waals surface area contributed by atoms with Crippen LogP contribution in [0.3, 0.4) is 0 Å². The summed E-state index contributed by atoms with van der Waals surface area (Å²) in [6.07, 6.45) is 0. The van der Waals surface area contributed by atoms with Crippen molar-refractivity contribution < 1.29 is 13.5 Å². The SMILES string of the molecule is COCCNCc1snnc1-c1c(F)cccc1F. The van der Waals surface area contributed by atoms with Gasteiger partial charge in [0.25, 0.3) is 0 Å². The van der Waals surface area contributed by atoms with Crippen LogP contribution < -0.4 is 5.32 Å². The number of hydrogen-bond acceptors (Lipinski definition) is 5. The van der Waals surface area contributed by atoms with E-state index in [4.69, 9.17) is 4.74 Å². The molecule has 0 radical (unpaired) electrons. The van der Waals surface area contributed by atoms with Gasteiger partial charge in [-0.15, -0.1) is 5.10 Å². The van der Waals surface area contributed by atoms with E-state index in [9.17, 15) is 8.78 Å². The number of benzene rings is 1. The summed E-state index contributed by atoms with van der Waals surface area (Å²) in [6.45, 7) is 1.66. The maximum atomic E-state index is 13.7. The largest absolute Gasteiger partial charge is 0.383 e. The van der Waals surface area contributed by atoms with Crippen LogP contribution in [0.4, 0.5) is 8.78 Å². The summed E-state index contributed by atoms with van der Waals surface area (Å²) in [5.41, 5.74) is 0.130. The Morgan fingerprint density at radius 1 is 1.32 bits per heavy atom. The first-order chi connectivity index (χ1) is 9.24. The molecule has 0 unspecified atom stereocenters. The van der Waals surface area contributed by atoms with Gasteiger partial charge in [-0.05, 0) is 23.7 Å². The maximum Gasteiger partial charge on any atom is 0.135 e. The van der Waals surface area contributed by atoms with Gasteiger partial charge in [0, 0.05) is 20.2 Å². The molecule has 19 heavy (non-hydrogen) atoms. The van der Waals surface area contributed by atoms with Crippen molar-refractivity contribution in [2.24, 2.45) is 0 Å². The van der Waals surface area contributed by atoms with Gasteiger partial charge in [-0.1, -0.05) is 10.6 Å². The van der Waals surface area contributed by atoms with Crippen molar-refractivity contribution in [1.82, 2.24) is 14.9 Å². The Bertz CT molecular complexity index is 527. The average molecular weight is 285 g/mol. The van der Waals surface area contributed by atoms with Gasteiger partial charge in [0.2, 0.25) is 0 Å². The molecule has 0 aliphatic carbocycles. The van der Waals surface area contributed by atoms with Crippen LogP contribution in [0.25, 0.3) is 11.3 Å². The van der Waals surface area contributed by atoms with Crippen molar-refractivity contribution in [1.29, 1.82) is 0 Å². The fourth-order valence-electron chi connectivity index (χ4n) is 1.62. The first-order valence-corrected chi connectivity index (χ1v) is 6.46. The van der Waals surface area contributed by atoms with Crippen LogP contribution in [-0.4, -0.2) is 29.8 Å². The smallest absolute Gasteiger partial charge is 0.135 e. The van der Waals surface area contributed by atoms with Gasteiger partial charge in [0.1, 0.15) is 17.3 Å². The number of halogens is 2. The summed E-state index contributed by atoms with van der Waals surface area (Å²) < 4.78 is 36.1. The summed E-state index contributed by atoms with van der Waals surface area (Å²) in [7, 11) is 1.61. The zero-order chi connectivity index (χ0) is 13.7. The Balaban J connectivity index is 2.19. The molecular weight excluding hydrogens is 272 g/mol. The molecule has 1 aromatic heterocycles. The zero-order valence-electron chi connectivity index (χ0n) is 10.3. The molecule has 0 spiro atoms. The van der Waals surface area contributed by atoms with Crippen LogP contribution in [0.1, 0.15) is 4.88 Å². The molecular formula is C12H13F2N3OS. The second-order valence-corrected chi connectivity index (χ2v) is 4.65. The molecule has 2 aromatic rings. The van der Waals surface area contributed by atoms with Crippen molar-refractivity contribution in [3.63, 3.8) is 0 Å². The van der Waals surface area contributed by atoms with Crippen molar-refractivity contribution in [2.75, 3.05) is 20.3 Å². The van der Waals surface area contributed by atoms with E-state index in [1.165, 1.54) is 18.2 Å². The van der Waals surface area contributed by atoms with E-state index in [1.54, 1.807) is 7.11 Å². The lowest BCUT2D eigenvalue weighted by atomic mass is 10.1. The van der Waals surface area contributed by atoms with Crippen molar-refractivity contribution in [2.45, 2.75) is 6.54 Å². The minimum absolute atomic E-state index is 0.125. The first-order valence-electron chi connectivity index (χ1n) is 5.69. The van der Waals surface area contributed by atoms with Crippen molar-refractivity contribution >= 4 is 11.5 Å². The third-order valence-corrected chi connectivity index (χ3v) is 3.25. The Hall–Kier alpha value is -1.44. The van der Waals surface area contributed by atoms with Crippen molar-refractivity contribution in [3.8, 4) is 11.3 Å². The molecule has 0 amide bonds. The number of aromatic nitrogens is 2. The average Bonchev–Trinajstić information content (AvgIpc) is 2.83. The maximum absolute atomic E-state index is 13.7. The van der Waals surface area contributed by atoms with E-state index >= 15 is 0 Å². The molecule has 7 heteroatoms. The normalized spacial score (nSPS) is 10.9. The molecule has 4 nitrogen and oxygen atoms in total. The van der Waals surface area contributed by atoms with Gasteiger partial charge in [-0.2, -0.15) is 0 Å². The lowest BCUT2D eigenvalue weighted by Gasteiger charge is -2.05. The molecule has 0 saturated heterocycles. The molecule has 1 N–H and O–H groups in total. The second-order valence-electron chi connectivity index (χ2n) is 3.81. The number of hydrogen-bond donors (Lipinski definition) is 1. The van der Waals surface area contributed by atoms with E-state index in [0.717, 1.165) is 11.5 Å². The summed E-state index contributed by atoms with van der Waals surface area (Å²) in [4.78, 5) is 0.695. The molecule has 1 heterocycles. The first kappa shape index (κ1) is 14.0. The summed E-state index contributed by atoms with van der Waals surface area (Å²) in [6, 6.07) is 3.74. The molecule has 0 bridgehead atoms. The highest BCUT2D eigenvalue weighted by molar-refractivity contribution is 7.05. The standard InChI is InChI=1S/C12H13F2N3OS/c1-18-6-5-15-7-10-12(16-17-19-10)11-8(13)3-2-4-9(11)14/h2-4,15H,5-7H2,1H3. The summed E-state index contributed by atoms with van der Waals surface area (Å²) >= 11 is 1.12. The Morgan fingerprint density at radius 2 is 2.05 bits per heavy atom. The van der Waals surface area contributed by atoms with E-state index in [2.05, 4.69) is 14.9 Å². The summed E-state index contributed by atoms with van der Waals surface area (Å²) in [5, 5.41) is 6.92. The minimum Gasteiger partial charge on any atom is -0.383 e. The fourth-order valence-corrected chi connectivity index (χ4v) is 2.23. The van der Waals surface area contributed by atoms with Crippen LogP contribution >= 0.6 is 11.5 Å². The van der Waals surface area contributed by atoms with Crippen LogP contribution in [0, 0.1) is 11.6 Å². The molecule has 0 atom stereocenters. The highest BCUT2D eigenvalue weighted by Crippen LogP contribution is 2.28. The predicted molar refractivity (Wildman–Crippen MR) is 68.8 cm³/mol. The Labute approximate surface area is 113 Å². The molecule has 0 aliphatic heterocycles. The monoisotopic (exact) mass is 285 g/mol. The van der Waals surface area contributed by atoms with Crippen molar-refractivity contribution in [3.05, 3.63) is 34.7 Å². The van der Waals surface area contributed by atoms with Gasteiger partial charge in [0.05, 0.1) is 17.0 Å². The number of nitrogens with zero attached hydrogens (tertiary/aromatic N) is 2. The highest BCUT2D eigenvalue weighted by atomic mass is 32.1. The molecule has 1 aromatic carbocycles. The lowest BCUT2D eigenvalue weighted by Crippen LogP contribution is -2.18. The zero-order valence-corrected chi connectivity index (χ0v) is 11.1. The molecule has 2 rings (SSSR count). The van der Waals surface area contributed by atoms with Gasteiger partial charge in [-0.3, -0.25) is 0 Å². The van der Waals surface area contributed by atoms with Crippen LogP contribution in [0.2, 0.25) is 0 Å². The number of methoxy groups -OCH3 is 1. The number of ether oxygens (including phenoxy) is 1. The third-order valence-electron chi connectivity index (χ3n) is 2.52. The minimum atomic E-state index is -0.633. The Morgan fingerprint density at radius 3 is 2.74 bits per heavy atom. The quantitative estimate of drug-likeness (QED) is 0.827. The Kier molecular flexibility index (Phi) is 4.89. The predicted octanol–water partition coefficient (Wildman–Crippen LogP) is 2.22. The van der Waals surface area contributed by atoms with Gasteiger partial charge >= 0.3 is 0 Å². The van der Waals surface area contributed by atoms with Crippen LogP contribution in [0.5, 0.6) is 0 Å². The molecule has 0 aliphatic rings. The fraction of sp³-hybridized carbons (Fsp3) is 0.333. The van der Waals surface area contributed by atoms with E-state index in [-0.39, 0.29) is 11.3 Å². The summed E-state index contributed by atoms with van der Waals surface area (Å²) in [5.74, 6) is -1.27. The topological polar surface area (TPSA) is 47.0 Å². The van der Waals surface area contributed by atoms with Gasteiger partial charge in [-0.25, -0.2) is 8.78 Å². The second kappa shape index (κ2) is 6.65. The van der Waals surface area contributed by atoms with E-state index in [1.807, 2.05) is 0 Å². The lowest BCUT2D eigenvalue weighted by molar-refractivity contribution is 0.199.